The number of fused-ring (bicyclic) bond motifs is 1. The van der Waals surface area contributed by atoms with Crippen molar-refractivity contribution in [1.82, 2.24) is 0 Å². The second-order valence-electron chi connectivity index (χ2n) is 6.02. The molecule has 3 aliphatic carbocycles. The molecule has 0 amide bonds. The van der Waals surface area contributed by atoms with Crippen molar-refractivity contribution in [2.45, 2.75) is 46.0 Å². The molecule has 2 saturated carbocycles. The normalized spacial score (nSPS) is 43.5. The van der Waals surface area contributed by atoms with E-state index < -0.39 is 0 Å². The van der Waals surface area contributed by atoms with Gasteiger partial charge in [-0.2, -0.15) is 0 Å². The second kappa shape index (κ2) is 2.63. The summed E-state index contributed by atoms with van der Waals surface area (Å²) in [5.74, 6) is 0.390. The third-order valence-corrected chi connectivity index (χ3v) is 4.58. The van der Waals surface area contributed by atoms with E-state index in [0.717, 1.165) is 24.8 Å². The standard InChI is InChI=1S/C14H18O/c1-10-6-11-8-13(2)4-3-5-14(11,9-13)12(15)7-10/h6-7H,3-5,8-9H2,1-2H3/t13-,14+/m0/s1. The SMILES string of the molecule is CC1=CC(=O)[C@@]23CCC[C@@](C)(CC2=C1)C3. The van der Waals surface area contributed by atoms with E-state index in [1.165, 1.54) is 18.4 Å². The van der Waals surface area contributed by atoms with Crippen LogP contribution >= 0.6 is 0 Å². The Hall–Kier alpha value is -0.850. The number of hydrogen-bond acceptors (Lipinski definition) is 1. The summed E-state index contributed by atoms with van der Waals surface area (Å²) in [6.45, 7) is 4.40. The molecule has 0 aromatic heterocycles. The Morgan fingerprint density at radius 1 is 1.27 bits per heavy atom. The number of hydrogen-bond donors (Lipinski definition) is 0. The molecule has 2 fully saturated rings. The van der Waals surface area contributed by atoms with E-state index in [0.29, 0.717) is 11.2 Å². The highest BCUT2D eigenvalue weighted by atomic mass is 16.1. The molecule has 15 heavy (non-hydrogen) atoms. The maximum absolute atomic E-state index is 12.2. The van der Waals surface area contributed by atoms with E-state index in [1.807, 2.05) is 13.0 Å². The molecule has 80 valence electrons. The van der Waals surface area contributed by atoms with Crippen LogP contribution in [0.2, 0.25) is 0 Å². The molecule has 0 radical (unpaired) electrons. The minimum absolute atomic E-state index is 0.0630. The lowest BCUT2D eigenvalue weighted by Crippen LogP contribution is -2.34. The zero-order chi connectivity index (χ0) is 10.7. The molecule has 2 bridgehead atoms. The van der Waals surface area contributed by atoms with Crippen LogP contribution in [0.1, 0.15) is 46.0 Å². The molecule has 1 heteroatoms. The quantitative estimate of drug-likeness (QED) is 0.588. The molecule has 1 spiro atoms. The Morgan fingerprint density at radius 2 is 2.07 bits per heavy atom. The summed E-state index contributed by atoms with van der Waals surface area (Å²) < 4.78 is 0. The van der Waals surface area contributed by atoms with E-state index >= 15 is 0 Å². The van der Waals surface area contributed by atoms with Crippen molar-refractivity contribution in [2.24, 2.45) is 10.8 Å². The molecule has 1 nitrogen and oxygen atoms in total. The van der Waals surface area contributed by atoms with Gasteiger partial charge in [0.15, 0.2) is 5.78 Å². The van der Waals surface area contributed by atoms with Crippen LogP contribution in [0.4, 0.5) is 0 Å². The van der Waals surface area contributed by atoms with E-state index in [9.17, 15) is 4.79 Å². The smallest absolute Gasteiger partial charge is 0.166 e. The molecule has 0 aliphatic heterocycles. The third kappa shape index (κ3) is 1.12. The van der Waals surface area contributed by atoms with Gasteiger partial charge in [0, 0.05) is 0 Å². The first kappa shape index (κ1) is 9.38. The van der Waals surface area contributed by atoms with Crippen LogP contribution in [0, 0.1) is 10.8 Å². The summed E-state index contributed by atoms with van der Waals surface area (Å²) in [7, 11) is 0. The topological polar surface area (TPSA) is 17.1 Å². The monoisotopic (exact) mass is 202 g/mol. The van der Waals surface area contributed by atoms with Crippen LogP contribution in [-0.2, 0) is 4.79 Å². The summed E-state index contributed by atoms with van der Waals surface area (Å²) >= 11 is 0. The van der Waals surface area contributed by atoms with Gasteiger partial charge in [-0.15, -0.1) is 0 Å². The van der Waals surface area contributed by atoms with Crippen molar-refractivity contribution < 1.29 is 4.79 Å². The largest absolute Gasteiger partial charge is 0.294 e. The Bertz CT molecular complexity index is 402. The fourth-order valence-electron chi connectivity index (χ4n) is 4.00. The minimum Gasteiger partial charge on any atom is -0.294 e. The van der Waals surface area contributed by atoms with Crippen LogP contribution in [0.5, 0.6) is 0 Å². The van der Waals surface area contributed by atoms with Gasteiger partial charge in [-0.25, -0.2) is 0 Å². The molecule has 0 aromatic carbocycles. The van der Waals surface area contributed by atoms with Crippen molar-refractivity contribution in [3.05, 3.63) is 23.3 Å². The Kier molecular flexibility index (Phi) is 1.65. The van der Waals surface area contributed by atoms with Gasteiger partial charge in [0.25, 0.3) is 0 Å². The summed E-state index contributed by atoms with van der Waals surface area (Å²) in [6, 6.07) is 0. The number of rotatable bonds is 0. The summed E-state index contributed by atoms with van der Waals surface area (Å²) in [5.41, 5.74) is 2.94. The van der Waals surface area contributed by atoms with Crippen LogP contribution in [0.25, 0.3) is 0 Å². The minimum atomic E-state index is -0.0630. The average molecular weight is 202 g/mol. The Balaban J connectivity index is 2.13. The number of carbonyl (C=O) groups excluding carboxylic acids is 1. The van der Waals surface area contributed by atoms with Crippen LogP contribution in [0.15, 0.2) is 23.3 Å². The molecule has 2 atom stereocenters. The highest BCUT2D eigenvalue weighted by Crippen LogP contribution is 2.62. The molecule has 0 aromatic rings. The fourth-order valence-corrected chi connectivity index (χ4v) is 4.00. The van der Waals surface area contributed by atoms with Crippen molar-refractivity contribution >= 4 is 5.78 Å². The van der Waals surface area contributed by atoms with Crippen molar-refractivity contribution in [2.75, 3.05) is 0 Å². The van der Waals surface area contributed by atoms with E-state index in [4.69, 9.17) is 0 Å². The van der Waals surface area contributed by atoms with E-state index in [2.05, 4.69) is 13.0 Å². The van der Waals surface area contributed by atoms with Crippen LogP contribution < -0.4 is 0 Å². The van der Waals surface area contributed by atoms with Crippen LogP contribution in [-0.4, -0.2) is 5.78 Å². The second-order valence-corrected chi connectivity index (χ2v) is 6.02. The van der Waals surface area contributed by atoms with Gasteiger partial charge in [0.05, 0.1) is 5.41 Å². The van der Waals surface area contributed by atoms with Gasteiger partial charge in [0.2, 0.25) is 0 Å². The Morgan fingerprint density at radius 3 is 2.87 bits per heavy atom. The first-order valence-electron chi connectivity index (χ1n) is 5.98. The molecular formula is C14H18O. The molecular weight excluding hydrogens is 184 g/mol. The van der Waals surface area contributed by atoms with E-state index in [1.54, 1.807) is 0 Å². The van der Waals surface area contributed by atoms with Crippen molar-refractivity contribution in [3.8, 4) is 0 Å². The molecule has 0 saturated heterocycles. The van der Waals surface area contributed by atoms with E-state index in [-0.39, 0.29) is 5.41 Å². The first-order chi connectivity index (χ1) is 7.04. The van der Waals surface area contributed by atoms with Crippen molar-refractivity contribution in [1.29, 1.82) is 0 Å². The van der Waals surface area contributed by atoms with Gasteiger partial charge >= 0.3 is 0 Å². The van der Waals surface area contributed by atoms with Gasteiger partial charge in [-0.3, -0.25) is 4.79 Å². The fraction of sp³-hybridized carbons (Fsp3) is 0.643. The Labute approximate surface area is 91.2 Å². The van der Waals surface area contributed by atoms with Gasteiger partial charge in [-0.1, -0.05) is 25.0 Å². The average Bonchev–Trinajstić information content (AvgIpc) is 2.33. The third-order valence-electron chi connectivity index (χ3n) is 4.58. The number of ketones is 1. The molecule has 0 heterocycles. The maximum Gasteiger partial charge on any atom is 0.166 e. The first-order valence-corrected chi connectivity index (χ1v) is 5.98. The lowest BCUT2D eigenvalue weighted by Gasteiger charge is -2.37. The lowest BCUT2D eigenvalue weighted by atomic mass is 9.65. The predicted molar refractivity (Wildman–Crippen MR) is 60.5 cm³/mol. The zero-order valence-electron chi connectivity index (χ0n) is 9.60. The van der Waals surface area contributed by atoms with Gasteiger partial charge in [0.1, 0.15) is 0 Å². The number of allylic oxidation sites excluding steroid dienone is 4. The molecule has 0 N–H and O–H groups in total. The van der Waals surface area contributed by atoms with Crippen LogP contribution in [0.3, 0.4) is 0 Å². The highest BCUT2D eigenvalue weighted by molar-refractivity contribution is 6.00. The summed E-state index contributed by atoms with van der Waals surface area (Å²) in [4.78, 5) is 12.2. The maximum atomic E-state index is 12.2. The summed E-state index contributed by atoms with van der Waals surface area (Å²) in [5, 5.41) is 0. The van der Waals surface area contributed by atoms with Crippen molar-refractivity contribution in [3.63, 3.8) is 0 Å². The zero-order valence-corrected chi connectivity index (χ0v) is 9.60. The van der Waals surface area contributed by atoms with Gasteiger partial charge in [-0.05, 0) is 49.7 Å². The summed E-state index contributed by atoms with van der Waals surface area (Å²) in [6.07, 6.45) is 10.0. The highest BCUT2D eigenvalue weighted by Gasteiger charge is 2.55. The lowest BCUT2D eigenvalue weighted by molar-refractivity contribution is -0.123. The van der Waals surface area contributed by atoms with Gasteiger partial charge < -0.3 is 0 Å². The molecule has 0 unspecified atom stereocenters. The predicted octanol–water partition coefficient (Wildman–Crippen LogP) is 3.41. The number of carbonyl (C=O) groups is 1. The molecule has 3 aliphatic rings. The molecule has 3 rings (SSSR count).